The summed E-state index contributed by atoms with van der Waals surface area (Å²) >= 11 is 0. The number of hydrogen-bond acceptors (Lipinski definition) is 10. The lowest BCUT2D eigenvalue weighted by Crippen LogP contribution is -2.47. The van der Waals surface area contributed by atoms with Crippen LogP contribution in [0.2, 0.25) is 0 Å². The minimum Gasteiger partial charge on any atom is -0.480 e. The van der Waals surface area contributed by atoms with Crippen molar-refractivity contribution in [3.63, 3.8) is 0 Å². The van der Waals surface area contributed by atoms with Crippen LogP contribution in [-0.4, -0.2) is 61.8 Å². The fraction of sp³-hybridized carbons (Fsp3) is 0.679. The Labute approximate surface area is 240 Å². The second-order valence-electron chi connectivity index (χ2n) is 11.2. The second-order valence-corrected chi connectivity index (χ2v) is 11.2. The van der Waals surface area contributed by atoms with E-state index in [4.69, 9.17) is 4.63 Å². The molecule has 1 amide bonds. The van der Waals surface area contributed by atoms with Gasteiger partial charge in [-0.3, -0.25) is 19.0 Å². The zero-order chi connectivity index (χ0) is 30.6. The third kappa shape index (κ3) is 10.4. The Bertz CT molecular complexity index is 1220. The first kappa shape index (κ1) is 33.6. The summed E-state index contributed by atoms with van der Waals surface area (Å²) in [5, 5.41) is 25.7. The monoisotopic (exact) mass is 575 g/mol. The van der Waals surface area contributed by atoms with Crippen LogP contribution in [0.5, 0.6) is 0 Å². The maximum Gasteiger partial charge on any atom is 0.326 e. The molecule has 0 aliphatic rings. The van der Waals surface area contributed by atoms with Gasteiger partial charge < -0.3 is 21.1 Å². The fourth-order valence-electron chi connectivity index (χ4n) is 4.15. The molecule has 0 aliphatic carbocycles. The van der Waals surface area contributed by atoms with E-state index < -0.39 is 34.9 Å². The molecule has 0 bridgehead atoms. The molecule has 0 radical (unpaired) electrons. The molecule has 2 rings (SSSR count). The van der Waals surface area contributed by atoms with Gasteiger partial charge in [-0.1, -0.05) is 70.6 Å². The first-order valence-electron chi connectivity index (χ1n) is 14.3. The van der Waals surface area contributed by atoms with Crippen molar-refractivity contribution in [2.75, 3.05) is 18.4 Å². The number of carboxylic acids is 1. The predicted molar refractivity (Wildman–Crippen MR) is 154 cm³/mol. The highest BCUT2D eigenvalue weighted by atomic mass is 16.6. The number of anilines is 1. The summed E-state index contributed by atoms with van der Waals surface area (Å²) in [7, 11) is 0. The molecule has 13 heteroatoms. The van der Waals surface area contributed by atoms with Crippen molar-refractivity contribution in [3.05, 3.63) is 33.6 Å². The van der Waals surface area contributed by atoms with Crippen molar-refractivity contribution < 1.29 is 24.1 Å². The van der Waals surface area contributed by atoms with Crippen LogP contribution in [0.3, 0.4) is 0 Å². The van der Waals surface area contributed by atoms with Crippen LogP contribution in [0.4, 0.5) is 5.82 Å². The Morgan fingerprint density at radius 2 is 1.80 bits per heavy atom. The van der Waals surface area contributed by atoms with Crippen LogP contribution in [0, 0.1) is 6.92 Å². The molecule has 0 fully saturated rings. The van der Waals surface area contributed by atoms with Gasteiger partial charge in [-0.2, -0.15) is 0 Å². The van der Waals surface area contributed by atoms with Crippen LogP contribution >= 0.6 is 0 Å². The van der Waals surface area contributed by atoms with E-state index in [0.29, 0.717) is 23.6 Å². The summed E-state index contributed by atoms with van der Waals surface area (Å²) in [5.41, 5.74) is 0.591. The van der Waals surface area contributed by atoms with Gasteiger partial charge in [-0.05, 0) is 26.3 Å². The van der Waals surface area contributed by atoms with Crippen molar-refractivity contribution in [3.8, 4) is 0 Å². The van der Waals surface area contributed by atoms with Crippen LogP contribution in [0.25, 0.3) is 0 Å². The molecule has 0 saturated heterocycles. The van der Waals surface area contributed by atoms with Gasteiger partial charge in [0, 0.05) is 18.0 Å². The summed E-state index contributed by atoms with van der Waals surface area (Å²) in [6, 6.07) is -2.45. The summed E-state index contributed by atoms with van der Waals surface area (Å²) in [6.45, 7) is 12.2. The number of aromatic nitrogens is 4. The lowest BCUT2D eigenvalue weighted by molar-refractivity contribution is -0.143. The zero-order valence-electron chi connectivity index (χ0n) is 25.1. The largest absolute Gasteiger partial charge is 0.480 e. The Kier molecular flexibility index (Phi) is 13.1. The number of aryl methyl sites for hydroxylation is 1. The van der Waals surface area contributed by atoms with Gasteiger partial charge in [0.1, 0.15) is 29.3 Å². The van der Waals surface area contributed by atoms with Gasteiger partial charge in [0.15, 0.2) is 5.82 Å². The highest BCUT2D eigenvalue weighted by Gasteiger charge is 2.30. The minimum absolute atomic E-state index is 0.0109. The van der Waals surface area contributed by atoms with E-state index in [-0.39, 0.29) is 37.5 Å². The minimum atomic E-state index is -1.42. The number of carbonyl (C=O) groups is 3. The maximum atomic E-state index is 13.4. The van der Waals surface area contributed by atoms with Gasteiger partial charge in [0.05, 0.1) is 18.8 Å². The number of carbonyl (C=O) groups excluding carboxylic acids is 2. The summed E-state index contributed by atoms with van der Waals surface area (Å²) in [6.07, 6.45) is 6.84. The Balaban J connectivity index is 2.17. The molecule has 2 aromatic rings. The van der Waals surface area contributed by atoms with Gasteiger partial charge in [-0.15, -0.1) is 0 Å². The second kappa shape index (κ2) is 16.0. The summed E-state index contributed by atoms with van der Waals surface area (Å²) < 4.78 is 5.97. The highest BCUT2D eigenvalue weighted by Crippen LogP contribution is 2.22. The van der Waals surface area contributed by atoms with Gasteiger partial charge in [-0.25, -0.2) is 14.4 Å². The van der Waals surface area contributed by atoms with Crippen molar-refractivity contribution in [2.24, 2.45) is 0 Å². The lowest BCUT2D eigenvalue weighted by atomic mass is 9.92. The zero-order valence-corrected chi connectivity index (χ0v) is 25.1. The number of hydrogen-bond donors (Lipinski definition) is 4. The molecule has 2 aromatic heterocycles. The van der Waals surface area contributed by atoms with Crippen LogP contribution < -0.4 is 21.5 Å². The van der Waals surface area contributed by atoms with Crippen molar-refractivity contribution >= 4 is 23.5 Å². The van der Waals surface area contributed by atoms with E-state index in [9.17, 15) is 24.3 Å². The van der Waals surface area contributed by atoms with Gasteiger partial charge >= 0.3 is 5.97 Å². The topological polar surface area (TPSA) is 181 Å². The number of amides is 1. The molecule has 0 aliphatic heterocycles. The number of nitrogens with one attached hydrogen (secondary N) is 3. The quantitative estimate of drug-likeness (QED) is 0.192. The molecule has 4 N–H and O–H groups in total. The van der Waals surface area contributed by atoms with Gasteiger partial charge in [0.2, 0.25) is 5.91 Å². The lowest BCUT2D eigenvalue weighted by Gasteiger charge is -2.25. The Morgan fingerprint density at radius 3 is 2.39 bits per heavy atom. The molecule has 13 nitrogen and oxygen atoms in total. The van der Waals surface area contributed by atoms with E-state index in [1.165, 1.54) is 17.2 Å². The van der Waals surface area contributed by atoms with E-state index in [0.717, 1.165) is 25.7 Å². The number of ketones is 1. The van der Waals surface area contributed by atoms with Crippen molar-refractivity contribution in [1.82, 2.24) is 30.5 Å². The standard InChI is InChI=1S/C28H45N7O6/c1-7-9-10-11-12-13-29-15-19(36)14-20(27(39)40)31-25(37)22(8-2)35-17-23(28(4,5)6)32-24(26(35)38)30-16-21-18(3)33-41-34-21/h17,20,22,29H,7-16H2,1-6H3,(H,30,32)(H,31,37)(H,39,40)/t20?,22-/m0/s1. The first-order chi connectivity index (χ1) is 19.4. The average molecular weight is 576 g/mol. The molecule has 1 unspecified atom stereocenters. The van der Waals surface area contributed by atoms with Crippen LogP contribution in [-0.2, 0) is 26.3 Å². The molecule has 2 atom stereocenters. The molecule has 41 heavy (non-hydrogen) atoms. The van der Waals surface area contributed by atoms with Crippen LogP contribution in [0.15, 0.2) is 15.6 Å². The average Bonchev–Trinajstić information content (AvgIpc) is 3.32. The normalized spacial score (nSPS) is 13.0. The number of aliphatic carboxylic acids is 1. The fourth-order valence-corrected chi connectivity index (χ4v) is 4.15. The van der Waals surface area contributed by atoms with E-state index in [1.54, 1.807) is 13.8 Å². The summed E-state index contributed by atoms with van der Waals surface area (Å²) in [5.74, 6) is -2.30. The molecule has 0 saturated carbocycles. The molecule has 0 spiro atoms. The SMILES string of the molecule is CCCCCCCNCC(=O)CC(NC(=O)[C@H](CC)n1cc(C(C)(C)C)nc(NCc2nonc2C)c1=O)C(=O)O. The van der Waals surface area contributed by atoms with Crippen molar-refractivity contribution in [2.45, 2.75) is 111 Å². The Morgan fingerprint density at radius 1 is 1.10 bits per heavy atom. The first-order valence-corrected chi connectivity index (χ1v) is 14.3. The molecule has 228 valence electrons. The number of nitrogens with zero attached hydrogens (tertiary/aromatic N) is 4. The predicted octanol–water partition coefficient (Wildman–Crippen LogP) is 2.88. The molecular formula is C28H45N7O6. The number of carboxylic acid groups (broad SMARTS) is 1. The van der Waals surface area contributed by atoms with E-state index in [1.807, 2.05) is 20.8 Å². The third-order valence-corrected chi connectivity index (χ3v) is 6.72. The third-order valence-electron chi connectivity index (χ3n) is 6.72. The van der Waals surface area contributed by atoms with Crippen LogP contribution in [0.1, 0.15) is 103 Å². The molecule has 0 aromatic carbocycles. The van der Waals surface area contributed by atoms with Crippen molar-refractivity contribution in [1.29, 1.82) is 0 Å². The van der Waals surface area contributed by atoms with E-state index in [2.05, 4.69) is 38.2 Å². The molecular weight excluding hydrogens is 530 g/mol. The Hall–Kier alpha value is -3.61. The smallest absolute Gasteiger partial charge is 0.326 e. The number of unbranched alkanes of at least 4 members (excludes halogenated alkanes) is 4. The summed E-state index contributed by atoms with van der Waals surface area (Å²) in [4.78, 5) is 55.7. The highest BCUT2D eigenvalue weighted by molar-refractivity contribution is 5.91. The van der Waals surface area contributed by atoms with Gasteiger partial charge in [0.25, 0.3) is 5.56 Å². The van der Waals surface area contributed by atoms with E-state index >= 15 is 0 Å². The molecule has 2 heterocycles. The number of Topliss-reactive ketones (excluding diaryl/α,β-unsaturated/α-hetero) is 1. The number of rotatable bonds is 18. The maximum absolute atomic E-state index is 13.4.